The van der Waals surface area contributed by atoms with E-state index in [1.165, 1.54) is 10.4 Å². The van der Waals surface area contributed by atoms with Crippen molar-refractivity contribution in [1.82, 2.24) is 5.32 Å². The van der Waals surface area contributed by atoms with Gasteiger partial charge in [0.25, 0.3) is 0 Å². The first-order chi connectivity index (χ1) is 9.17. The van der Waals surface area contributed by atoms with E-state index >= 15 is 0 Å². The van der Waals surface area contributed by atoms with Crippen LogP contribution in [0.2, 0.25) is 9.36 Å². The van der Waals surface area contributed by atoms with Crippen LogP contribution in [-0.4, -0.2) is 13.6 Å². The minimum absolute atomic E-state index is 0.570. The Morgan fingerprint density at radius 1 is 1.05 bits per heavy atom. The van der Waals surface area contributed by atoms with Crippen molar-refractivity contribution >= 4 is 34.5 Å². The number of nitrogens with one attached hydrogen (secondary N) is 1. The van der Waals surface area contributed by atoms with Crippen molar-refractivity contribution in [3.05, 3.63) is 56.2 Å². The average molecular weight is 314 g/mol. The largest absolute Gasteiger partial charge is 0.319 e. The molecule has 19 heavy (non-hydrogen) atoms. The molecule has 4 heteroatoms. The van der Waals surface area contributed by atoms with Crippen LogP contribution in [0.1, 0.15) is 10.4 Å². The SMILES string of the molecule is CNCC(Cc1ccc(Cl)cc1)Cc1ccc(Cl)s1. The first-order valence-corrected chi connectivity index (χ1v) is 7.88. The maximum absolute atomic E-state index is 5.99. The Labute approximate surface area is 128 Å². The number of benzene rings is 1. The molecular weight excluding hydrogens is 297 g/mol. The second kappa shape index (κ2) is 7.30. The summed E-state index contributed by atoms with van der Waals surface area (Å²) >= 11 is 13.6. The second-order valence-electron chi connectivity index (χ2n) is 4.66. The fraction of sp³-hybridized carbons (Fsp3) is 0.333. The van der Waals surface area contributed by atoms with Crippen LogP contribution in [0.3, 0.4) is 0 Å². The third-order valence-electron chi connectivity index (χ3n) is 3.05. The van der Waals surface area contributed by atoms with Crippen LogP contribution in [0, 0.1) is 5.92 Å². The Morgan fingerprint density at radius 2 is 1.79 bits per heavy atom. The van der Waals surface area contributed by atoms with Crippen molar-refractivity contribution < 1.29 is 0 Å². The highest BCUT2D eigenvalue weighted by Gasteiger charge is 2.11. The van der Waals surface area contributed by atoms with E-state index in [1.807, 2.05) is 25.2 Å². The molecule has 0 bridgehead atoms. The smallest absolute Gasteiger partial charge is 0.0931 e. The normalized spacial score (nSPS) is 12.6. The summed E-state index contributed by atoms with van der Waals surface area (Å²) in [5.74, 6) is 0.570. The Morgan fingerprint density at radius 3 is 2.37 bits per heavy atom. The molecule has 2 aromatic rings. The fourth-order valence-corrected chi connectivity index (χ4v) is 3.53. The first kappa shape index (κ1) is 14.9. The zero-order valence-corrected chi connectivity index (χ0v) is 13.2. The molecule has 0 fully saturated rings. The monoisotopic (exact) mass is 313 g/mol. The maximum Gasteiger partial charge on any atom is 0.0931 e. The number of halogens is 2. The molecule has 1 unspecified atom stereocenters. The molecule has 0 radical (unpaired) electrons. The van der Waals surface area contributed by atoms with E-state index in [2.05, 4.69) is 23.5 Å². The molecule has 0 amide bonds. The lowest BCUT2D eigenvalue weighted by Gasteiger charge is -2.16. The van der Waals surface area contributed by atoms with Gasteiger partial charge >= 0.3 is 0 Å². The number of hydrogen-bond acceptors (Lipinski definition) is 2. The highest BCUT2D eigenvalue weighted by molar-refractivity contribution is 7.16. The first-order valence-electron chi connectivity index (χ1n) is 6.30. The van der Waals surface area contributed by atoms with Crippen LogP contribution in [0.25, 0.3) is 0 Å². The van der Waals surface area contributed by atoms with E-state index in [0.29, 0.717) is 5.92 Å². The van der Waals surface area contributed by atoms with Gasteiger partial charge in [-0.25, -0.2) is 0 Å². The van der Waals surface area contributed by atoms with Gasteiger partial charge in [0.1, 0.15) is 0 Å². The van der Waals surface area contributed by atoms with Crippen LogP contribution < -0.4 is 5.32 Å². The van der Waals surface area contributed by atoms with Gasteiger partial charge in [-0.05, 0) is 62.2 Å². The van der Waals surface area contributed by atoms with E-state index in [0.717, 1.165) is 28.7 Å². The van der Waals surface area contributed by atoms with Crippen LogP contribution >= 0.6 is 34.5 Å². The zero-order valence-electron chi connectivity index (χ0n) is 10.8. The topological polar surface area (TPSA) is 12.0 Å². The van der Waals surface area contributed by atoms with E-state index in [-0.39, 0.29) is 0 Å². The van der Waals surface area contributed by atoms with Gasteiger partial charge in [0, 0.05) is 9.90 Å². The molecule has 1 atom stereocenters. The number of thiophene rings is 1. The quantitative estimate of drug-likeness (QED) is 0.816. The van der Waals surface area contributed by atoms with Crippen molar-refractivity contribution in [2.24, 2.45) is 5.92 Å². The minimum Gasteiger partial charge on any atom is -0.319 e. The van der Waals surface area contributed by atoms with Crippen molar-refractivity contribution in [3.8, 4) is 0 Å². The van der Waals surface area contributed by atoms with Gasteiger partial charge in [0.05, 0.1) is 4.34 Å². The van der Waals surface area contributed by atoms with Crippen LogP contribution in [0.15, 0.2) is 36.4 Å². The summed E-state index contributed by atoms with van der Waals surface area (Å²) < 4.78 is 0.865. The Hall–Kier alpha value is -0.540. The lowest BCUT2D eigenvalue weighted by atomic mass is 9.95. The van der Waals surface area contributed by atoms with Gasteiger partial charge in [0.2, 0.25) is 0 Å². The molecule has 0 aliphatic rings. The average Bonchev–Trinajstić information content (AvgIpc) is 2.78. The highest BCUT2D eigenvalue weighted by atomic mass is 35.5. The molecule has 1 N–H and O–H groups in total. The third-order valence-corrected chi connectivity index (χ3v) is 4.55. The Kier molecular flexibility index (Phi) is 5.71. The minimum atomic E-state index is 0.570. The van der Waals surface area contributed by atoms with Gasteiger partial charge in [-0.15, -0.1) is 11.3 Å². The van der Waals surface area contributed by atoms with E-state index in [9.17, 15) is 0 Å². The fourth-order valence-electron chi connectivity index (χ4n) is 2.20. The molecule has 0 saturated heterocycles. The van der Waals surface area contributed by atoms with Crippen molar-refractivity contribution in [2.45, 2.75) is 12.8 Å². The molecule has 0 aliphatic heterocycles. The summed E-state index contributed by atoms with van der Waals surface area (Å²) in [5, 5.41) is 4.06. The van der Waals surface area contributed by atoms with Crippen LogP contribution in [-0.2, 0) is 12.8 Å². The summed E-state index contributed by atoms with van der Waals surface area (Å²) in [6.45, 7) is 0.998. The summed E-state index contributed by atoms with van der Waals surface area (Å²) in [4.78, 5) is 1.35. The number of rotatable bonds is 6. The maximum atomic E-state index is 5.99. The van der Waals surface area contributed by atoms with Gasteiger partial charge in [0.15, 0.2) is 0 Å². The zero-order chi connectivity index (χ0) is 13.7. The lowest BCUT2D eigenvalue weighted by Crippen LogP contribution is -2.22. The summed E-state index contributed by atoms with van der Waals surface area (Å²) in [5.41, 5.74) is 1.33. The molecule has 1 heterocycles. The summed E-state index contributed by atoms with van der Waals surface area (Å²) in [6.07, 6.45) is 2.11. The lowest BCUT2D eigenvalue weighted by molar-refractivity contribution is 0.496. The third kappa shape index (κ3) is 4.81. The molecule has 2 rings (SSSR count). The second-order valence-corrected chi connectivity index (χ2v) is 6.90. The van der Waals surface area contributed by atoms with Gasteiger partial charge in [-0.1, -0.05) is 35.3 Å². The molecular formula is C15H17Cl2NS. The predicted octanol–water partition coefficient (Wildman–Crippen LogP) is 4.68. The summed E-state index contributed by atoms with van der Waals surface area (Å²) in [6, 6.07) is 12.2. The van der Waals surface area contributed by atoms with Crippen LogP contribution in [0.5, 0.6) is 0 Å². The standard InChI is InChI=1S/C15H17Cl2NS/c1-18-10-12(9-14-6-7-15(17)19-14)8-11-2-4-13(16)5-3-11/h2-7,12,18H,8-10H2,1H3. The molecule has 102 valence electrons. The Balaban J connectivity index is 2.01. The number of hydrogen-bond donors (Lipinski definition) is 1. The van der Waals surface area contributed by atoms with E-state index in [4.69, 9.17) is 23.2 Å². The summed E-state index contributed by atoms with van der Waals surface area (Å²) in [7, 11) is 2.00. The highest BCUT2D eigenvalue weighted by Crippen LogP contribution is 2.25. The molecule has 0 aliphatic carbocycles. The van der Waals surface area contributed by atoms with Crippen molar-refractivity contribution in [1.29, 1.82) is 0 Å². The van der Waals surface area contributed by atoms with Crippen LogP contribution in [0.4, 0.5) is 0 Å². The van der Waals surface area contributed by atoms with Gasteiger partial charge < -0.3 is 5.32 Å². The van der Waals surface area contributed by atoms with E-state index in [1.54, 1.807) is 11.3 Å². The van der Waals surface area contributed by atoms with E-state index < -0.39 is 0 Å². The van der Waals surface area contributed by atoms with Gasteiger partial charge in [-0.2, -0.15) is 0 Å². The molecule has 1 aromatic carbocycles. The van der Waals surface area contributed by atoms with Gasteiger partial charge in [-0.3, -0.25) is 0 Å². The Bertz CT molecular complexity index is 507. The molecule has 1 aromatic heterocycles. The van der Waals surface area contributed by atoms with Crippen molar-refractivity contribution in [2.75, 3.05) is 13.6 Å². The molecule has 0 saturated carbocycles. The van der Waals surface area contributed by atoms with Crippen molar-refractivity contribution in [3.63, 3.8) is 0 Å². The molecule has 0 spiro atoms. The predicted molar refractivity (Wildman–Crippen MR) is 85.6 cm³/mol. The molecule has 1 nitrogen and oxygen atoms in total.